The first-order valence-corrected chi connectivity index (χ1v) is 6.18. The van der Waals surface area contributed by atoms with Gasteiger partial charge in [-0.15, -0.1) is 0 Å². The summed E-state index contributed by atoms with van der Waals surface area (Å²) < 4.78 is 15.3. The Morgan fingerprint density at radius 3 is 2.84 bits per heavy atom. The highest BCUT2D eigenvalue weighted by molar-refractivity contribution is 6.32. The first-order chi connectivity index (χ1) is 9.19. The van der Waals surface area contributed by atoms with Crippen molar-refractivity contribution in [3.8, 4) is 5.75 Å². The van der Waals surface area contributed by atoms with Crippen molar-refractivity contribution in [3.05, 3.63) is 28.8 Å². The monoisotopic (exact) mass is 288 g/mol. The molecule has 0 aliphatic heterocycles. The molecule has 0 heterocycles. The molecule has 0 saturated carbocycles. The van der Waals surface area contributed by atoms with Gasteiger partial charge in [-0.3, -0.25) is 4.79 Å². The van der Waals surface area contributed by atoms with Crippen molar-refractivity contribution in [1.29, 1.82) is 0 Å². The van der Waals surface area contributed by atoms with Gasteiger partial charge in [-0.1, -0.05) is 17.7 Å². The Kier molecular flexibility index (Phi) is 7.43. The molecular weight excluding hydrogens is 272 g/mol. The Hall–Kier alpha value is -1.14. The topological polar surface area (TPSA) is 65.0 Å². The highest BCUT2D eigenvalue weighted by Gasteiger charge is 2.11. The van der Waals surface area contributed by atoms with Gasteiger partial charge in [-0.25, -0.2) is 0 Å². The van der Waals surface area contributed by atoms with Gasteiger partial charge in [0.2, 0.25) is 0 Å². The van der Waals surface area contributed by atoms with Crippen molar-refractivity contribution in [3.63, 3.8) is 0 Å². The Bertz CT molecular complexity index is 397. The SMILES string of the molecule is COCCOCC(O)COc1c(Cl)cccc1C=O. The van der Waals surface area contributed by atoms with Gasteiger partial charge < -0.3 is 19.3 Å². The van der Waals surface area contributed by atoms with E-state index in [2.05, 4.69) is 0 Å². The van der Waals surface area contributed by atoms with E-state index in [9.17, 15) is 9.90 Å². The molecule has 106 valence electrons. The lowest BCUT2D eigenvalue weighted by atomic mass is 10.2. The van der Waals surface area contributed by atoms with Crippen molar-refractivity contribution < 1.29 is 24.1 Å². The van der Waals surface area contributed by atoms with E-state index in [-0.39, 0.29) is 19.0 Å². The lowest BCUT2D eigenvalue weighted by molar-refractivity contribution is -0.00425. The molecule has 1 unspecified atom stereocenters. The molecule has 6 heteroatoms. The number of methoxy groups -OCH3 is 1. The van der Waals surface area contributed by atoms with Crippen molar-refractivity contribution in [1.82, 2.24) is 0 Å². The average molecular weight is 289 g/mol. The minimum atomic E-state index is -0.798. The number of carbonyl (C=O) groups is 1. The maximum atomic E-state index is 10.8. The van der Waals surface area contributed by atoms with Gasteiger partial charge >= 0.3 is 0 Å². The van der Waals surface area contributed by atoms with Gasteiger partial charge in [0.25, 0.3) is 0 Å². The minimum Gasteiger partial charge on any atom is -0.488 e. The predicted octanol–water partition coefficient (Wildman–Crippen LogP) is 1.56. The Morgan fingerprint density at radius 1 is 1.37 bits per heavy atom. The van der Waals surface area contributed by atoms with E-state index in [0.717, 1.165) is 0 Å². The van der Waals surface area contributed by atoms with Crippen LogP contribution in [0.3, 0.4) is 0 Å². The van der Waals surface area contributed by atoms with Crippen LogP contribution in [0.4, 0.5) is 0 Å². The summed E-state index contributed by atoms with van der Waals surface area (Å²) in [6, 6.07) is 4.87. The van der Waals surface area contributed by atoms with Crippen LogP contribution in [-0.4, -0.2) is 51.0 Å². The quantitative estimate of drug-likeness (QED) is 0.552. The summed E-state index contributed by atoms with van der Waals surface area (Å²) >= 11 is 5.92. The predicted molar refractivity (Wildman–Crippen MR) is 71.0 cm³/mol. The zero-order chi connectivity index (χ0) is 14.1. The molecule has 5 nitrogen and oxygen atoms in total. The molecule has 1 rings (SSSR count). The summed E-state index contributed by atoms with van der Waals surface area (Å²) in [4.78, 5) is 10.8. The molecule has 0 saturated heterocycles. The molecule has 0 bridgehead atoms. The largest absolute Gasteiger partial charge is 0.488 e. The standard InChI is InChI=1S/C13H17ClO5/c1-17-5-6-18-8-11(16)9-19-13-10(7-15)3-2-4-12(13)14/h2-4,7,11,16H,5-6,8-9H2,1H3. The number of aldehydes is 1. The number of rotatable bonds is 9. The summed E-state index contributed by atoms with van der Waals surface area (Å²) in [6.07, 6.45) is -0.143. The summed E-state index contributed by atoms with van der Waals surface area (Å²) in [5.41, 5.74) is 0.347. The lowest BCUT2D eigenvalue weighted by Crippen LogP contribution is -2.24. The number of ether oxygens (including phenoxy) is 3. The van der Waals surface area contributed by atoms with E-state index in [1.165, 1.54) is 0 Å². The highest BCUT2D eigenvalue weighted by atomic mass is 35.5. The molecule has 19 heavy (non-hydrogen) atoms. The third kappa shape index (κ3) is 5.57. The first kappa shape index (κ1) is 15.9. The fourth-order valence-corrected chi connectivity index (χ4v) is 1.60. The smallest absolute Gasteiger partial charge is 0.153 e. The summed E-state index contributed by atoms with van der Waals surface area (Å²) in [6.45, 7) is 0.994. The number of hydrogen-bond acceptors (Lipinski definition) is 5. The van der Waals surface area contributed by atoms with Crippen molar-refractivity contribution in [2.24, 2.45) is 0 Å². The van der Waals surface area contributed by atoms with E-state index in [1.54, 1.807) is 25.3 Å². The van der Waals surface area contributed by atoms with E-state index in [1.807, 2.05) is 0 Å². The zero-order valence-corrected chi connectivity index (χ0v) is 11.4. The third-order valence-electron chi connectivity index (χ3n) is 2.29. The van der Waals surface area contributed by atoms with Crippen molar-refractivity contribution in [2.45, 2.75) is 6.10 Å². The number of aliphatic hydroxyl groups is 1. The number of halogens is 1. The Balaban J connectivity index is 2.41. The van der Waals surface area contributed by atoms with Crippen LogP contribution in [-0.2, 0) is 9.47 Å². The van der Waals surface area contributed by atoms with E-state index >= 15 is 0 Å². The number of hydrogen-bond donors (Lipinski definition) is 1. The Morgan fingerprint density at radius 2 is 2.16 bits per heavy atom. The van der Waals surface area contributed by atoms with Crippen LogP contribution in [0.15, 0.2) is 18.2 Å². The number of para-hydroxylation sites is 1. The number of aliphatic hydroxyl groups excluding tert-OH is 1. The molecule has 0 aliphatic rings. The maximum absolute atomic E-state index is 10.8. The van der Waals surface area contributed by atoms with Crippen LogP contribution in [0.5, 0.6) is 5.75 Å². The molecule has 0 radical (unpaired) electrons. The summed E-state index contributed by atoms with van der Waals surface area (Å²) in [5, 5.41) is 9.97. The highest BCUT2D eigenvalue weighted by Crippen LogP contribution is 2.27. The lowest BCUT2D eigenvalue weighted by Gasteiger charge is -2.14. The van der Waals surface area contributed by atoms with Gasteiger partial charge in [-0.05, 0) is 12.1 Å². The zero-order valence-electron chi connectivity index (χ0n) is 10.7. The fraction of sp³-hybridized carbons (Fsp3) is 0.462. The van der Waals surface area contributed by atoms with E-state index < -0.39 is 6.10 Å². The van der Waals surface area contributed by atoms with Crippen LogP contribution in [0.1, 0.15) is 10.4 Å². The molecule has 1 aromatic carbocycles. The number of benzene rings is 1. The van der Waals surface area contributed by atoms with Crippen molar-refractivity contribution >= 4 is 17.9 Å². The van der Waals surface area contributed by atoms with Crippen LogP contribution >= 0.6 is 11.6 Å². The summed E-state index contributed by atoms with van der Waals surface area (Å²) in [7, 11) is 1.57. The fourth-order valence-electron chi connectivity index (χ4n) is 1.36. The van der Waals surface area contributed by atoms with Gasteiger partial charge in [0.05, 0.1) is 30.4 Å². The van der Waals surface area contributed by atoms with Gasteiger partial charge in [0.1, 0.15) is 18.5 Å². The molecule has 1 aromatic rings. The average Bonchev–Trinajstić information content (AvgIpc) is 2.42. The normalized spacial score (nSPS) is 12.2. The molecule has 0 aliphatic carbocycles. The van der Waals surface area contributed by atoms with Crippen molar-refractivity contribution in [2.75, 3.05) is 33.5 Å². The maximum Gasteiger partial charge on any atom is 0.153 e. The molecule has 1 atom stereocenters. The molecule has 0 spiro atoms. The van der Waals surface area contributed by atoms with Gasteiger partial charge in [0, 0.05) is 7.11 Å². The second kappa shape index (κ2) is 8.87. The molecular formula is C13H17ClO5. The third-order valence-corrected chi connectivity index (χ3v) is 2.58. The van der Waals surface area contributed by atoms with Crippen LogP contribution < -0.4 is 4.74 Å². The molecule has 0 amide bonds. The second-order valence-electron chi connectivity index (χ2n) is 3.81. The first-order valence-electron chi connectivity index (χ1n) is 5.80. The molecule has 1 N–H and O–H groups in total. The van der Waals surface area contributed by atoms with E-state index in [4.69, 9.17) is 25.8 Å². The van der Waals surface area contributed by atoms with Crippen LogP contribution in [0.25, 0.3) is 0 Å². The summed E-state index contributed by atoms with van der Waals surface area (Å²) in [5.74, 6) is 0.273. The van der Waals surface area contributed by atoms with Crippen LogP contribution in [0, 0.1) is 0 Å². The van der Waals surface area contributed by atoms with Gasteiger partial charge in [0.15, 0.2) is 6.29 Å². The second-order valence-corrected chi connectivity index (χ2v) is 4.22. The van der Waals surface area contributed by atoms with Gasteiger partial charge in [-0.2, -0.15) is 0 Å². The van der Waals surface area contributed by atoms with Crippen LogP contribution in [0.2, 0.25) is 5.02 Å². The minimum absolute atomic E-state index is 0.00243. The molecule has 0 fully saturated rings. The Labute approximate surface area is 117 Å². The number of carbonyl (C=O) groups excluding carboxylic acids is 1. The van der Waals surface area contributed by atoms with E-state index in [0.29, 0.717) is 30.1 Å². The molecule has 0 aromatic heterocycles.